The van der Waals surface area contributed by atoms with Gasteiger partial charge in [0, 0.05) is 22.7 Å². The number of carbonyl (C=O) groups excluding carboxylic acids is 2. The molecule has 0 radical (unpaired) electrons. The SMILES string of the molecule is CCC(C)C(NC(=O)c1ccccc1)C(=O)Nc1cc(C(C)(C)C)[nH]n1. The summed E-state index contributed by atoms with van der Waals surface area (Å²) in [7, 11) is 0. The Morgan fingerprint density at radius 1 is 1.19 bits per heavy atom. The van der Waals surface area contributed by atoms with Crippen LogP contribution in [0.1, 0.15) is 57.1 Å². The molecule has 2 aromatic rings. The average molecular weight is 356 g/mol. The summed E-state index contributed by atoms with van der Waals surface area (Å²) in [5, 5.41) is 12.8. The van der Waals surface area contributed by atoms with Crippen LogP contribution < -0.4 is 10.6 Å². The molecule has 140 valence electrons. The molecule has 0 saturated carbocycles. The largest absolute Gasteiger partial charge is 0.340 e. The zero-order valence-electron chi connectivity index (χ0n) is 16.1. The number of carbonyl (C=O) groups is 2. The van der Waals surface area contributed by atoms with Crippen molar-refractivity contribution in [2.24, 2.45) is 5.92 Å². The van der Waals surface area contributed by atoms with Crippen molar-refractivity contribution in [3.63, 3.8) is 0 Å². The highest BCUT2D eigenvalue weighted by atomic mass is 16.2. The minimum Gasteiger partial charge on any atom is -0.340 e. The van der Waals surface area contributed by atoms with Gasteiger partial charge in [0.15, 0.2) is 5.82 Å². The second-order valence-electron chi connectivity index (χ2n) is 7.61. The van der Waals surface area contributed by atoms with Crippen molar-refractivity contribution in [1.29, 1.82) is 0 Å². The first-order valence-electron chi connectivity index (χ1n) is 8.95. The van der Waals surface area contributed by atoms with Gasteiger partial charge in [0.25, 0.3) is 5.91 Å². The molecule has 2 unspecified atom stereocenters. The molecule has 6 heteroatoms. The number of aromatic nitrogens is 2. The van der Waals surface area contributed by atoms with Crippen molar-refractivity contribution in [3.8, 4) is 0 Å². The van der Waals surface area contributed by atoms with Crippen LogP contribution in [0.2, 0.25) is 0 Å². The maximum atomic E-state index is 12.8. The molecule has 1 heterocycles. The minimum absolute atomic E-state index is 0.0105. The first-order valence-corrected chi connectivity index (χ1v) is 8.95. The van der Waals surface area contributed by atoms with Crippen LogP contribution in [0, 0.1) is 5.92 Å². The summed E-state index contributed by atoms with van der Waals surface area (Å²) in [5.41, 5.74) is 1.37. The summed E-state index contributed by atoms with van der Waals surface area (Å²) in [6, 6.07) is 10.1. The van der Waals surface area contributed by atoms with E-state index in [0.717, 1.165) is 12.1 Å². The molecule has 0 aliphatic rings. The van der Waals surface area contributed by atoms with Gasteiger partial charge in [0.1, 0.15) is 6.04 Å². The predicted molar refractivity (Wildman–Crippen MR) is 103 cm³/mol. The first kappa shape index (κ1) is 19.7. The average Bonchev–Trinajstić information content (AvgIpc) is 3.08. The molecular formula is C20H28N4O2. The van der Waals surface area contributed by atoms with Gasteiger partial charge in [-0.1, -0.05) is 59.2 Å². The number of anilines is 1. The molecule has 1 aromatic heterocycles. The van der Waals surface area contributed by atoms with E-state index in [1.807, 2.05) is 26.0 Å². The molecule has 26 heavy (non-hydrogen) atoms. The van der Waals surface area contributed by atoms with Crippen molar-refractivity contribution in [1.82, 2.24) is 15.5 Å². The molecule has 2 atom stereocenters. The molecule has 3 N–H and O–H groups in total. The number of aromatic amines is 1. The lowest BCUT2D eigenvalue weighted by atomic mass is 9.92. The number of amides is 2. The lowest BCUT2D eigenvalue weighted by Gasteiger charge is -2.23. The van der Waals surface area contributed by atoms with E-state index >= 15 is 0 Å². The van der Waals surface area contributed by atoms with Crippen LogP contribution in [0.25, 0.3) is 0 Å². The van der Waals surface area contributed by atoms with Gasteiger partial charge in [0.05, 0.1) is 0 Å². The lowest BCUT2D eigenvalue weighted by molar-refractivity contribution is -0.119. The Kier molecular flexibility index (Phi) is 6.18. The van der Waals surface area contributed by atoms with Gasteiger partial charge in [0.2, 0.25) is 5.91 Å². The Hall–Kier alpha value is -2.63. The fourth-order valence-electron chi connectivity index (χ4n) is 2.49. The van der Waals surface area contributed by atoms with Gasteiger partial charge in [-0.15, -0.1) is 0 Å². The Morgan fingerprint density at radius 3 is 2.38 bits per heavy atom. The van der Waals surface area contributed by atoms with Crippen LogP contribution in [-0.2, 0) is 10.2 Å². The van der Waals surface area contributed by atoms with Crippen molar-refractivity contribution >= 4 is 17.6 Å². The maximum Gasteiger partial charge on any atom is 0.251 e. The molecule has 0 bridgehead atoms. The van der Waals surface area contributed by atoms with E-state index in [0.29, 0.717) is 11.4 Å². The smallest absolute Gasteiger partial charge is 0.251 e. The molecule has 0 saturated heterocycles. The van der Waals surface area contributed by atoms with Crippen molar-refractivity contribution in [2.45, 2.75) is 52.5 Å². The Balaban J connectivity index is 2.12. The van der Waals surface area contributed by atoms with Crippen LogP contribution in [-0.4, -0.2) is 28.1 Å². The minimum atomic E-state index is -0.637. The lowest BCUT2D eigenvalue weighted by Crippen LogP contribution is -2.47. The van der Waals surface area contributed by atoms with Gasteiger partial charge in [-0.3, -0.25) is 14.7 Å². The molecule has 2 rings (SSSR count). The fourth-order valence-corrected chi connectivity index (χ4v) is 2.49. The summed E-state index contributed by atoms with van der Waals surface area (Å²) in [4.78, 5) is 25.2. The Labute approximate surface area is 154 Å². The number of H-pyrrole nitrogens is 1. The third kappa shape index (κ3) is 4.94. The van der Waals surface area contributed by atoms with E-state index in [2.05, 4.69) is 41.6 Å². The van der Waals surface area contributed by atoms with Crippen molar-refractivity contribution in [3.05, 3.63) is 47.7 Å². The first-order chi connectivity index (χ1) is 12.2. The zero-order valence-corrected chi connectivity index (χ0v) is 16.1. The number of rotatable bonds is 6. The summed E-state index contributed by atoms with van der Waals surface area (Å²) in [5.74, 6) is -0.0788. The third-order valence-electron chi connectivity index (χ3n) is 4.46. The molecule has 6 nitrogen and oxygen atoms in total. The quantitative estimate of drug-likeness (QED) is 0.740. The van der Waals surface area contributed by atoms with E-state index in [9.17, 15) is 9.59 Å². The van der Waals surface area contributed by atoms with Gasteiger partial charge < -0.3 is 10.6 Å². The number of nitrogens with one attached hydrogen (secondary N) is 3. The van der Waals surface area contributed by atoms with E-state index in [1.165, 1.54) is 0 Å². The fraction of sp³-hybridized carbons (Fsp3) is 0.450. The summed E-state index contributed by atoms with van der Waals surface area (Å²) in [6.45, 7) is 10.1. The summed E-state index contributed by atoms with van der Waals surface area (Å²) < 4.78 is 0. The highest BCUT2D eigenvalue weighted by Crippen LogP contribution is 2.22. The van der Waals surface area contributed by atoms with Crippen LogP contribution in [0.5, 0.6) is 0 Å². The van der Waals surface area contributed by atoms with Crippen LogP contribution in [0.4, 0.5) is 5.82 Å². The van der Waals surface area contributed by atoms with Gasteiger partial charge in [-0.2, -0.15) is 5.10 Å². The molecule has 2 amide bonds. The molecule has 0 aliphatic carbocycles. The normalized spacial score (nSPS) is 13.7. The highest BCUT2D eigenvalue weighted by Gasteiger charge is 2.27. The van der Waals surface area contributed by atoms with Crippen molar-refractivity contribution < 1.29 is 9.59 Å². The molecule has 1 aromatic carbocycles. The second kappa shape index (κ2) is 8.17. The number of hydrogen-bond acceptors (Lipinski definition) is 3. The standard InChI is InChI=1S/C20H28N4O2/c1-6-13(2)17(22-18(25)14-10-8-7-9-11-14)19(26)21-16-12-15(23-24-16)20(3,4)5/h7-13,17H,6H2,1-5H3,(H,22,25)(H2,21,23,24,26). The van der Waals surface area contributed by atoms with E-state index < -0.39 is 6.04 Å². The third-order valence-corrected chi connectivity index (χ3v) is 4.46. The highest BCUT2D eigenvalue weighted by molar-refractivity contribution is 6.01. The summed E-state index contributed by atoms with van der Waals surface area (Å²) in [6.07, 6.45) is 0.765. The van der Waals surface area contributed by atoms with Crippen LogP contribution >= 0.6 is 0 Å². The monoisotopic (exact) mass is 356 g/mol. The Morgan fingerprint density at radius 2 is 1.85 bits per heavy atom. The van der Waals surface area contributed by atoms with Crippen LogP contribution in [0.3, 0.4) is 0 Å². The van der Waals surface area contributed by atoms with E-state index in [-0.39, 0.29) is 23.1 Å². The maximum absolute atomic E-state index is 12.8. The molecule has 0 aliphatic heterocycles. The number of hydrogen-bond donors (Lipinski definition) is 3. The van der Waals surface area contributed by atoms with Crippen molar-refractivity contribution in [2.75, 3.05) is 5.32 Å². The van der Waals surface area contributed by atoms with Crippen LogP contribution in [0.15, 0.2) is 36.4 Å². The molecule has 0 fully saturated rings. The van der Waals surface area contributed by atoms with E-state index in [4.69, 9.17) is 0 Å². The van der Waals surface area contributed by atoms with Gasteiger partial charge >= 0.3 is 0 Å². The topological polar surface area (TPSA) is 86.9 Å². The molecular weight excluding hydrogens is 328 g/mol. The number of nitrogens with zero attached hydrogens (tertiary/aromatic N) is 1. The molecule has 0 spiro atoms. The summed E-state index contributed by atoms with van der Waals surface area (Å²) >= 11 is 0. The number of benzene rings is 1. The van der Waals surface area contributed by atoms with E-state index in [1.54, 1.807) is 24.3 Å². The van der Waals surface area contributed by atoms with Gasteiger partial charge in [-0.05, 0) is 18.1 Å². The Bertz CT molecular complexity index is 747. The van der Waals surface area contributed by atoms with Gasteiger partial charge in [-0.25, -0.2) is 0 Å². The second-order valence-corrected chi connectivity index (χ2v) is 7.61. The zero-order chi connectivity index (χ0) is 19.3. The predicted octanol–water partition coefficient (Wildman–Crippen LogP) is 3.49.